The van der Waals surface area contributed by atoms with Gasteiger partial charge in [-0.1, -0.05) is 23.8 Å². The number of phenolic OH excluding ortho intramolecular Hbond substituents is 4. The molecule has 168 valence electrons. The molecular formula is C25H26O7. The van der Waals surface area contributed by atoms with Crippen LogP contribution < -0.4 is 5.43 Å². The van der Waals surface area contributed by atoms with E-state index in [0.717, 1.165) is 17.7 Å². The number of aliphatic hydroxyl groups excluding tert-OH is 1. The van der Waals surface area contributed by atoms with Gasteiger partial charge in [0.25, 0.3) is 0 Å². The summed E-state index contributed by atoms with van der Waals surface area (Å²) < 4.78 is 5.93. The summed E-state index contributed by atoms with van der Waals surface area (Å²) in [6, 6.07) is 4.99. The molecule has 32 heavy (non-hydrogen) atoms. The Bertz CT molecular complexity index is 1290. The molecule has 0 aliphatic carbocycles. The molecule has 0 saturated heterocycles. The quantitative estimate of drug-likeness (QED) is 0.287. The van der Waals surface area contributed by atoms with Crippen LogP contribution in [0.1, 0.15) is 31.9 Å². The Hall–Kier alpha value is -3.71. The predicted octanol–water partition coefficient (Wildman–Crippen LogP) is 4.27. The SMILES string of the molecule is C=C(C)C(O)Cc1cc(-c2cc(=O)c3c(O)cc(O)c(CC=C(C)C)c3o2)cc(O)c1O. The van der Waals surface area contributed by atoms with Crippen LogP contribution >= 0.6 is 0 Å². The smallest absolute Gasteiger partial charge is 0.197 e. The number of aromatic hydroxyl groups is 4. The summed E-state index contributed by atoms with van der Waals surface area (Å²) >= 11 is 0. The molecule has 0 bridgehead atoms. The average molecular weight is 438 g/mol. The normalized spacial score (nSPS) is 12.0. The molecule has 7 nitrogen and oxygen atoms in total. The van der Waals surface area contributed by atoms with E-state index in [1.807, 2.05) is 19.9 Å². The molecule has 1 unspecified atom stereocenters. The molecule has 3 aromatic rings. The second-order valence-corrected chi connectivity index (χ2v) is 8.13. The van der Waals surface area contributed by atoms with Gasteiger partial charge in [-0.05, 0) is 39.3 Å². The Morgan fingerprint density at radius 3 is 2.34 bits per heavy atom. The molecule has 0 radical (unpaired) electrons. The maximum absolute atomic E-state index is 12.8. The standard InChI is InChI=1S/C25H26O7/c1-12(2)5-6-16-18(27)10-19(28)23-20(29)11-22(32-25(16)23)14-7-15(9-17(26)13(3)4)24(31)21(30)8-14/h5,7-8,10-11,17,26-28,30-31H,3,6,9H2,1-2,4H3. The molecule has 0 fully saturated rings. The van der Waals surface area contributed by atoms with Gasteiger partial charge in [0.05, 0.1) is 6.10 Å². The zero-order chi connectivity index (χ0) is 23.7. The van der Waals surface area contributed by atoms with Crippen LogP contribution in [0.15, 0.2) is 57.3 Å². The van der Waals surface area contributed by atoms with Crippen molar-refractivity contribution in [3.8, 4) is 34.3 Å². The van der Waals surface area contributed by atoms with Gasteiger partial charge >= 0.3 is 0 Å². The summed E-state index contributed by atoms with van der Waals surface area (Å²) in [5.41, 5.74) is 1.82. The highest BCUT2D eigenvalue weighted by Crippen LogP contribution is 2.39. The highest BCUT2D eigenvalue weighted by molar-refractivity contribution is 5.89. The lowest BCUT2D eigenvalue weighted by Crippen LogP contribution is -2.11. The molecule has 3 rings (SSSR count). The van der Waals surface area contributed by atoms with Crippen LogP contribution in [0, 0.1) is 0 Å². The number of hydrogen-bond acceptors (Lipinski definition) is 7. The minimum Gasteiger partial charge on any atom is -0.507 e. The molecule has 5 N–H and O–H groups in total. The molecule has 7 heteroatoms. The zero-order valence-corrected chi connectivity index (χ0v) is 18.1. The topological polar surface area (TPSA) is 131 Å². The summed E-state index contributed by atoms with van der Waals surface area (Å²) in [7, 11) is 0. The van der Waals surface area contributed by atoms with E-state index in [9.17, 15) is 30.3 Å². The van der Waals surface area contributed by atoms with E-state index < -0.39 is 28.8 Å². The van der Waals surface area contributed by atoms with Crippen LogP contribution in [0.4, 0.5) is 0 Å². The Morgan fingerprint density at radius 1 is 1.03 bits per heavy atom. The van der Waals surface area contributed by atoms with Crippen LogP contribution in [-0.4, -0.2) is 31.6 Å². The highest BCUT2D eigenvalue weighted by Gasteiger charge is 2.20. The maximum atomic E-state index is 12.8. The lowest BCUT2D eigenvalue weighted by atomic mass is 9.98. The summed E-state index contributed by atoms with van der Waals surface area (Å²) in [6.07, 6.45) is 1.17. The molecular weight excluding hydrogens is 412 g/mol. The fourth-order valence-electron chi connectivity index (χ4n) is 3.36. The molecule has 0 aliphatic rings. The van der Waals surface area contributed by atoms with Crippen molar-refractivity contribution in [1.82, 2.24) is 0 Å². The van der Waals surface area contributed by atoms with Crippen molar-refractivity contribution in [3.05, 3.63) is 69.4 Å². The van der Waals surface area contributed by atoms with Crippen molar-refractivity contribution in [2.45, 2.75) is 39.7 Å². The van der Waals surface area contributed by atoms with Crippen molar-refractivity contribution < 1.29 is 29.9 Å². The Kier molecular flexibility index (Phi) is 6.32. The van der Waals surface area contributed by atoms with Gasteiger partial charge in [0.15, 0.2) is 16.9 Å². The zero-order valence-electron chi connectivity index (χ0n) is 18.1. The summed E-state index contributed by atoms with van der Waals surface area (Å²) in [5, 5.41) is 51.1. The minimum atomic E-state index is -0.941. The number of allylic oxidation sites excluding steroid dienone is 2. The third-order valence-electron chi connectivity index (χ3n) is 5.21. The molecule has 1 atom stereocenters. The van der Waals surface area contributed by atoms with Crippen LogP contribution in [0.25, 0.3) is 22.3 Å². The third-order valence-corrected chi connectivity index (χ3v) is 5.21. The van der Waals surface area contributed by atoms with Crippen molar-refractivity contribution >= 4 is 11.0 Å². The van der Waals surface area contributed by atoms with Crippen LogP contribution in [0.2, 0.25) is 0 Å². The van der Waals surface area contributed by atoms with E-state index in [4.69, 9.17) is 4.42 Å². The van der Waals surface area contributed by atoms with E-state index in [1.54, 1.807) is 6.92 Å². The van der Waals surface area contributed by atoms with E-state index in [-0.39, 0.29) is 46.4 Å². The van der Waals surface area contributed by atoms with E-state index in [1.165, 1.54) is 12.1 Å². The van der Waals surface area contributed by atoms with Crippen molar-refractivity contribution in [1.29, 1.82) is 0 Å². The lowest BCUT2D eigenvalue weighted by Gasteiger charge is -2.14. The molecule has 0 amide bonds. The maximum Gasteiger partial charge on any atom is 0.197 e. The van der Waals surface area contributed by atoms with Crippen LogP contribution in [0.3, 0.4) is 0 Å². The first-order valence-electron chi connectivity index (χ1n) is 10.0. The van der Waals surface area contributed by atoms with E-state index in [0.29, 0.717) is 11.1 Å². The Balaban J connectivity index is 2.25. The fourth-order valence-corrected chi connectivity index (χ4v) is 3.36. The summed E-state index contributed by atoms with van der Waals surface area (Å²) in [6.45, 7) is 9.10. The van der Waals surface area contributed by atoms with Crippen molar-refractivity contribution in [2.75, 3.05) is 0 Å². The second kappa shape index (κ2) is 8.80. The molecule has 2 aromatic carbocycles. The predicted molar refractivity (Wildman–Crippen MR) is 122 cm³/mol. The Labute approximate surface area is 184 Å². The van der Waals surface area contributed by atoms with Crippen LogP contribution in [-0.2, 0) is 12.8 Å². The number of benzene rings is 2. The van der Waals surface area contributed by atoms with Gasteiger partial charge in [-0.25, -0.2) is 0 Å². The van der Waals surface area contributed by atoms with Gasteiger partial charge in [0.1, 0.15) is 28.2 Å². The van der Waals surface area contributed by atoms with E-state index in [2.05, 4.69) is 6.58 Å². The molecule has 1 heterocycles. The largest absolute Gasteiger partial charge is 0.507 e. The van der Waals surface area contributed by atoms with Gasteiger partial charge in [-0.3, -0.25) is 4.79 Å². The van der Waals surface area contributed by atoms with Gasteiger partial charge in [-0.15, -0.1) is 0 Å². The minimum absolute atomic E-state index is 0.00617. The lowest BCUT2D eigenvalue weighted by molar-refractivity contribution is 0.210. The highest BCUT2D eigenvalue weighted by atomic mass is 16.3. The van der Waals surface area contributed by atoms with E-state index >= 15 is 0 Å². The van der Waals surface area contributed by atoms with Gasteiger partial charge in [0.2, 0.25) is 0 Å². The Morgan fingerprint density at radius 2 is 1.72 bits per heavy atom. The molecule has 0 aliphatic heterocycles. The number of rotatable bonds is 6. The first kappa shape index (κ1) is 23.0. The van der Waals surface area contributed by atoms with Crippen LogP contribution in [0.5, 0.6) is 23.0 Å². The van der Waals surface area contributed by atoms with Gasteiger partial charge in [-0.2, -0.15) is 0 Å². The molecule has 0 spiro atoms. The average Bonchev–Trinajstić information content (AvgIpc) is 2.69. The number of aliphatic hydroxyl groups is 1. The summed E-state index contributed by atoms with van der Waals surface area (Å²) in [5.74, 6) is -1.40. The second-order valence-electron chi connectivity index (χ2n) is 8.13. The summed E-state index contributed by atoms with van der Waals surface area (Å²) in [4.78, 5) is 12.8. The number of hydrogen-bond donors (Lipinski definition) is 5. The van der Waals surface area contributed by atoms with Gasteiger partial charge in [0, 0.05) is 35.2 Å². The first-order chi connectivity index (χ1) is 15.0. The van der Waals surface area contributed by atoms with Crippen molar-refractivity contribution in [2.24, 2.45) is 0 Å². The molecule has 0 saturated carbocycles. The first-order valence-corrected chi connectivity index (χ1v) is 10.0. The fraction of sp³-hybridized carbons (Fsp3) is 0.240. The monoisotopic (exact) mass is 438 g/mol. The third kappa shape index (κ3) is 4.48. The number of phenols is 4. The van der Waals surface area contributed by atoms with Gasteiger partial charge < -0.3 is 29.9 Å². The molecule has 1 aromatic heterocycles. The van der Waals surface area contributed by atoms with Crippen molar-refractivity contribution in [3.63, 3.8) is 0 Å². The number of fused-ring (bicyclic) bond motifs is 1.